The Hall–Kier alpha value is -1.71. The maximum Gasteiger partial charge on any atom is 0.137 e. The normalized spacial score (nSPS) is 17.0. The van der Waals surface area contributed by atoms with Crippen LogP contribution in [-0.2, 0) is 23.1 Å². The van der Waals surface area contributed by atoms with Gasteiger partial charge in [-0.2, -0.15) is 5.10 Å². The van der Waals surface area contributed by atoms with E-state index in [0.29, 0.717) is 6.07 Å². The number of hydrogen-bond acceptors (Lipinski definition) is 4. The molecule has 0 aliphatic rings. The molecule has 0 radical (unpaired) electrons. The molecule has 0 spiro atoms. The summed E-state index contributed by atoms with van der Waals surface area (Å²) in [5, 5.41) is 14.2. The molecule has 0 bridgehead atoms. The fourth-order valence-corrected chi connectivity index (χ4v) is 3.49. The van der Waals surface area contributed by atoms with E-state index in [0.717, 1.165) is 12.1 Å². The Morgan fingerprint density at radius 3 is 2.65 bits per heavy atom. The fourth-order valence-electron chi connectivity index (χ4n) is 2.32. The lowest BCUT2D eigenvalue weighted by molar-refractivity contribution is 0.0113. The van der Waals surface area contributed by atoms with E-state index < -0.39 is 33.5 Å². The Bertz CT molecular complexity index is 696. The monoisotopic (exact) mass is 344 g/mol. The van der Waals surface area contributed by atoms with Crippen LogP contribution in [0.2, 0.25) is 0 Å². The first-order chi connectivity index (χ1) is 10.8. The second kappa shape index (κ2) is 6.81. The standard InChI is InChI=1S/C14H18F2N4O2S/c1-10(23(22)19(2)3)14(21,7-20-9-17-8-18-20)12-5-4-11(15)6-13(12)16/h4-6,8-10,21H,7H2,1-3H3/t10-,14-,23?/m1/s1. The van der Waals surface area contributed by atoms with E-state index >= 15 is 0 Å². The van der Waals surface area contributed by atoms with Crippen LogP contribution in [0, 0.1) is 11.6 Å². The Morgan fingerprint density at radius 1 is 1.43 bits per heavy atom. The van der Waals surface area contributed by atoms with Crippen molar-refractivity contribution >= 4 is 11.0 Å². The van der Waals surface area contributed by atoms with Crippen molar-refractivity contribution in [1.82, 2.24) is 19.1 Å². The van der Waals surface area contributed by atoms with Crippen LogP contribution < -0.4 is 0 Å². The Labute approximate surface area is 135 Å². The number of halogens is 2. The van der Waals surface area contributed by atoms with Crippen molar-refractivity contribution in [3.05, 3.63) is 48.1 Å². The van der Waals surface area contributed by atoms with E-state index in [2.05, 4.69) is 10.1 Å². The third-order valence-corrected chi connectivity index (χ3v) is 5.32. The molecular weight excluding hydrogens is 326 g/mol. The van der Waals surface area contributed by atoms with Crippen LogP contribution in [0.4, 0.5) is 8.78 Å². The molecule has 0 amide bonds. The Balaban J connectivity index is 2.52. The molecule has 0 aliphatic carbocycles. The van der Waals surface area contributed by atoms with E-state index in [-0.39, 0.29) is 12.1 Å². The highest BCUT2D eigenvalue weighted by molar-refractivity contribution is 7.83. The van der Waals surface area contributed by atoms with Crippen molar-refractivity contribution in [2.45, 2.75) is 24.3 Å². The van der Waals surface area contributed by atoms with Gasteiger partial charge in [0.15, 0.2) is 0 Å². The molecule has 23 heavy (non-hydrogen) atoms. The first kappa shape index (κ1) is 17.6. The molecule has 0 fully saturated rings. The molecule has 0 saturated carbocycles. The lowest BCUT2D eigenvalue weighted by Crippen LogP contribution is -2.47. The Morgan fingerprint density at radius 2 is 2.13 bits per heavy atom. The minimum absolute atomic E-state index is 0.142. The van der Waals surface area contributed by atoms with E-state index in [9.17, 15) is 18.1 Å². The second-order valence-corrected chi connectivity index (χ2v) is 7.36. The van der Waals surface area contributed by atoms with E-state index in [1.807, 2.05) is 0 Å². The fraction of sp³-hybridized carbons (Fsp3) is 0.429. The van der Waals surface area contributed by atoms with Gasteiger partial charge in [0.05, 0.1) is 22.8 Å². The maximum absolute atomic E-state index is 14.2. The van der Waals surface area contributed by atoms with Gasteiger partial charge in [0.25, 0.3) is 0 Å². The number of rotatable bonds is 6. The van der Waals surface area contributed by atoms with Crippen molar-refractivity contribution < 1.29 is 18.1 Å². The lowest BCUT2D eigenvalue weighted by Gasteiger charge is -2.35. The van der Waals surface area contributed by atoms with Gasteiger partial charge in [-0.05, 0) is 27.1 Å². The van der Waals surface area contributed by atoms with Gasteiger partial charge in [0.1, 0.15) is 29.9 Å². The third-order valence-electron chi connectivity index (χ3n) is 3.60. The molecule has 1 unspecified atom stereocenters. The van der Waals surface area contributed by atoms with Gasteiger partial charge in [-0.25, -0.2) is 27.0 Å². The van der Waals surface area contributed by atoms with E-state index in [4.69, 9.17) is 0 Å². The highest BCUT2D eigenvalue weighted by Crippen LogP contribution is 2.32. The van der Waals surface area contributed by atoms with Crippen LogP contribution in [0.1, 0.15) is 12.5 Å². The number of aromatic nitrogens is 3. The first-order valence-corrected chi connectivity index (χ1v) is 8.01. The van der Waals surface area contributed by atoms with Gasteiger partial charge in [-0.1, -0.05) is 6.07 Å². The lowest BCUT2D eigenvalue weighted by atomic mass is 9.90. The molecule has 0 aliphatic heterocycles. The molecule has 2 aromatic rings. The molecule has 1 aromatic heterocycles. The van der Waals surface area contributed by atoms with Gasteiger partial charge in [-0.3, -0.25) is 0 Å². The molecule has 1 N–H and O–H groups in total. The van der Waals surface area contributed by atoms with Gasteiger partial charge in [0.2, 0.25) is 0 Å². The Kier molecular flexibility index (Phi) is 5.23. The van der Waals surface area contributed by atoms with Gasteiger partial charge < -0.3 is 5.11 Å². The smallest absolute Gasteiger partial charge is 0.137 e. The number of benzene rings is 1. The average molecular weight is 344 g/mol. The maximum atomic E-state index is 14.2. The summed E-state index contributed by atoms with van der Waals surface area (Å²) in [6.07, 6.45) is 2.63. The zero-order valence-corrected chi connectivity index (χ0v) is 13.8. The molecule has 1 heterocycles. The quantitative estimate of drug-likeness (QED) is 0.851. The van der Waals surface area contributed by atoms with Crippen LogP contribution in [0.15, 0.2) is 30.9 Å². The summed E-state index contributed by atoms with van der Waals surface area (Å²) in [5.74, 6) is -1.66. The molecular formula is C14H18F2N4O2S. The molecule has 3 atom stereocenters. The summed E-state index contributed by atoms with van der Waals surface area (Å²) < 4.78 is 42.6. The van der Waals surface area contributed by atoms with Crippen molar-refractivity contribution in [1.29, 1.82) is 0 Å². The average Bonchev–Trinajstić information content (AvgIpc) is 2.97. The van der Waals surface area contributed by atoms with Gasteiger partial charge in [-0.15, -0.1) is 0 Å². The summed E-state index contributed by atoms with van der Waals surface area (Å²) in [7, 11) is 1.57. The number of hydrogen-bond donors (Lipinski definition) is 1. The zero-order valence-electron chi connectivity index (χ0n) is 13.0. The summed E-state index contributed by atoms with van der Waals surface area (Å²) in [5.41, 5.74) is -2.00. The minimum Gasteiger partial charge on any atom is -0.382 e. The second-order valence-electron chi connectivity index (χ2n) is 5.37. The van der Waals surface area contributed by atoms with Crippen LogP contribution in [-0.4, -0.2) is 47.7 Å². The third kappa shape index (κ3) is 3.62. The predicted octanol–water partition coefficient (Wildman–Crippen LogP) is 1.06. The van der Waals surface area contributed by atoms with E-state index in [1.54, 1.807) is 14.1 Å². The van der Waals surface area contributed by atoms with Gasteiger partial charge in [0, 0.05) is 11.6 Å². The number of nitrogens with zero attached hydrogens (tertiary/aromatic N) is 4. The summed E-state index contributed by atoms with van der Waals surface area (Å²) in [6, 6.07) is 2.90. The van der Waals surface area contributed by atoms with Crippen molar-refractivity contribution in [2.24, 2.45) is 0 Å². The predicted molar refractivity (Wildman–Crippen MR) is 81.6 cm³/mol. The van der Waals surface area contributed by atoms with Crippen molar-refractivity contribution in [2.75, 3.05) is 14.1 Å². The topological polar surface area (TPSA) is 71.2 Å². The molecule has 9 heteroatoms. The van der Waals surface area contributed by atoms with Crippen LogP contribution >= 0.6 is 0 Å². The van der Waals surface area contributed by atoms with Crippen LogP contribution in [0.5, 0.6) is 0 Å². The van der Waals surface area contributed by atoms with Crippen molar-refractivity contribution in [3.63, 3.8) is 0 Å². The SMILES string of the molecule is C[C@@H](S(=O)N(C)C)[C@](O)(Cn1cncn1)c1ccc(F)cc1F. The largest absolute Gasteiger partial charge is 0.382 e. The summed E-state index contributed by atoms with van der Waals surface area (Å²) >= 11 is 0. The molecule has 1 aromatic carbocycles. The molecule has 6 nitrogen and oxygen atoms in total. The number of aliphatic hydroxyl groups is 1. The van der Waals surface area contributed by atoms with Crippen LogP contribution in [0.25, 0.3) is 0 Å². The summed E-state index contributed by atoms with van der Waals surface area (Å²) in [4.78, 5) is 3.78. The van der Waals surface area contributed by atoms with Gasteiger partial charge >= 0.3 is 0 Å². The van der Waals surface area contributed by atoms with Crippen LogP contribution in [0.3, 0.4) is 0 Å². The zero-order chi connectivity index (χ0) is 17.2. The first-order valence-electron chi connectivity index (χ1n) is 6.84. The molecule has 0 saturated heterocycles. The van der Waals surface area contributed by atoms with E-state index in [1.165, 1.54) is 28.6 Å². The summed E-state index contributed by atoms with van der Waals surface area (Å²) in [6.45, 7) is 1.37. The highest BCUT2D eigenvalue weighted by Gasteiger charge is 2.42. The molecule has 2 rings (SSSR count). The van der Waals surface area contributed by atoms with Crippen molar-refractivity contribution in [3.8, 4) is 0 Å². The molecule has 126 valence electrons. The minimum atomic E-state index is -1.86. The highest BCUT2D eigenvalue weighted by atomic mass is 32.2.